The molecule has 0 unspecified atom stereocenters. The Hall–Kier alpha value is -1.77. The molecule has 0 bridgehead atoms. The minimum atomic E-state index is -0.106. The molecule has 1 aliphatic heterocycles. The molecule has 23 heavy (non-hydrogen) atoms. The van der Waals surface area contributed by atoms with Crippen molar-refractivity contribution in [3.8, 4) is 5.75 Å². The number of carbonyl (C=O) groups excluding carboxylic acids is 1. The van der Waals surface area contributed by atoms with E-state index in [1.54, 1.807) is 0 Å². The summed E-state index contributed by atoms with van der Waals surface area (Å²) in [6.07, 6.45) is 3.63. The third kappa shape index (κ3) is 1.92. The molecule has 3 heteroatoms. The lowest BCUT2D eigenvalue weighted by atomic mass is 9.56. The fraction of sp³-hybridized carbons (Fsp3) is 0.550. The number of carbonyl (C=O) groups is 1. The molecule has 1 aromatic rings. The minimum Gasteiger partial charge on any atom is -0.507 e. The molecule has 1 heterocycles. The van der Waals surface area contributed by atoms with Gasteiger partial charge in [0.2, 0.25) is 0 Å². The summed E-state index contributed by atoms with van der Waals surface area (Å²) in [6, 6.07) is 4.31. The number of aromatic hydroxyl groups is 1. The smallest absolute Gasteiger partial charge is 0.334 e. The number of fused-ring (bicyclic) bond motifs is 4. The monoisotopic (exact) mass is 312 g/mol. The van der Waals surface area contributed by atoms with Gasteiger partial charge in [0.05, 0.1) is 0 Å². The number of rotatable bonds is 1. The van der Waals surface area contributed by atoms with Crippen LogP contribution < -0.4 is 0 Å². The van der Waals surface area contributed by atoms with Gasteiger partial charge in [0.25, 0.3) is 0 Å². The third-order valence-electron chi connectivity index (χ3n) is 6.31. The van der Waals surface area contributed by atoms with Crippen molar-refractivity contribution < 1.29 is 14.6 Å². The van der Waals surface area contributed by atoms with Crippen molar-refractivity contribution in [3.05, 3.63) is 40.0 Å². The molecule has 4 rings (SSSR count). The maximum Gasteiger partial charge on any atom is 0.334 e. The molecular weight excluding hydrogens is 288 g/mol. The highest BCUT2D eigenvalue weighted by Crippen LogP contribution is 2.55. The van der Waals surface area contributed by atoms with Crippen molar-refractivity contribution >= 4 is 5.97 Å². The summed E-state index contributed by atoms with van der Waals surface area (Å²) in [7, 11) is 0. The summed E-state index contributed by atoms with van der Waals surface area (Å²) in [4.78, 5) is 11.9. The zero-order chi connectivity index (χ0) is 16.4. The first kappa shape index (κ1) is 14.8. The molecule has 0 saturated heterocycles. The second kappa shape index (κ2) is 4.86. The fourth-order valence-corrected chi connectivity index (χ4v) is 4.98. The molecule has 0 spiro atoms. The third-order valence-corrected chi connectivity index (χ3v) is 6.31. The zero-order valence-electron chi connectivity index (χ0n) is 14.1. The van der Waals surface area contributed by atoms with E-state index in [0.29, 0.717) is 24.2 Å². The lowest BCUT2D eigenvalue weighted by Gasteiger charge is -2.46. The van der Waals surface area contributed by atoms with Crippen molar-refractivity contribution in [2.45, 2.75) is 57.8 Å². The lowest BCUT2D eigenvalue weighted by Crippen LogP contribution is -2.41. The van der Waals surface area contributed by atoms with E-state index in [2.05, 4.69) is 32.9 Å². The Morgan fingerprint density at radius 3 is 2.83 bits per heavy atom. The second-order valence-corrected chi connectivity index (χ2v) is 7.77. The summed E-state index contributed by atoms with van der Waals surface area (Å²) in [6.45, 7) is 7.01. The molecule has 2 aliphatic carbocycles. The maximum atomic E-state index is 11.9. The van der Waals surface area contributed by atoms with E-state index in [4.69, 9.17) is 4.74 Å². The van der Waals surface area contributed by atoms with E-state index in [9.17, 15) is 9.90 Å². The average molecular weight is 312 g/mol. The number of cyclic esters (lactones) is 1. The lowest BCUT2D eigenvalue weighted by molar-refractivity contribution is -0.136. The molecule has 0 radical (unpaired) electrons. The van der Waals surface area contributed by atoms with Crippen LogP contribution in [0.3, 0.4) is 0 Å². The van der Waals surface area contributed by atoms with Gasteiger partial charge >= 0.3 is 5.97 Å². The van der Waals surface area contributed by atoms with Crippen LogP contribution in [0.25, 0.3) is 0 Å². The van der Waals surface area contributed by atoms with Crippen molar-refractivity contribution in [2.75, 3.05) is 6.61 Å². The van der Waals surface area contributed by atoms with E-state index in [0.717, 1.165) is 42.4 Å². The highest BCUT2D eigenvalue weighted by Gasteiger charge is 2.49. The van der Waals surface area contributed by atoms with Crippen LogP contribution in [0.1, 0.15) is 62.6 Å². The summed E-state index contributed by atoms with van der Waals surface area (Å²) in [5.41, 5.74) is 5.61. The fourth-order valence-electron chi connectivity index (χ4n) is 4.98. The zero-order valence-corrected chi connectivity index (χ0v) is 14.1. The van der Waals surface area contributed by atoms with E-state index in [1.807, 2.05) is 0 Å². The van der Waals surface area contributed by atoms with Crippen LogP contribution in [0.2, 0.25) is 0 Å². The van der Waals surface area contributed by atoms with Crippen LogP contribution in [0.15, 0.2) is 23.3 Å². The van der Waals surface area contributed by atoms with Crippen molar-refractivity contribution in [1.29, 1.82) is 0 Å². The van der Waals surface area contributed by atoms with Crippen LogP contribution in [0, 0.1) is 5.92 Å². The molecule has 3 aliphatic rings. The van der Waals surface area contributed by atoms with Gasteiger partial charge in [-0.25, -0.2) is 4.79 Å². The van der Waals surface area contributed by atoms with Crippen LogP contribution in [0.4, 0.5) is 0 Å². The van der Waals surface area contributed by atoms with Gasteiger partial charge in [-0.1, -0.05) is 32.9 Å². The molecule has 2 atom stereocenters. The summed E-state index contributed by atoms with van der Waals surface area (Å²) < 4.78 is 5.29. The highest BCUT2D eigenvalue weighted by molar-refractivity contribution is 5.92. The molecule has 3 nitrogen and oxygen atoms in total. The van der Waals surface area contributed by atoms with Gasteiger partial charge in [-0.15, -0.1) is 0 Å². The van der Waals surface area contributed by atoms with E-state index >= 15 is 0 Å². The Morgan fingerprint density at radius 2 is 2.09 bits per heavy atom. The predicted molar refractivity (Wildman–Crippen MR) is 88.6 cm³/mol. The topological polar surface area (TPSA) is 46.5 Å². The number of hydrogen-bond acceptors (Lipinski definition) is 3. The van der Waals surface area contributed by atoms with Crippen LogP contribution in [-0.4, -0.2) is 17.7 Å². The number of benzene rings is 1. The van der Waals surface area contributed by atoms with Crippen LogP contribution in [-0.2, 0) is 21.4 Å². The standard InChI is InChI=1S/C20H24O3/c1-11(2)12-4-6-16-14(18(12)21)5-7-17-15-10-23-19(22)13(15)8-9-20(16,17)3/h4,6,11,17,21H,5,7-10H2,1-3H3/t17-,20+/m0/s1. The Labute approximate surface area is 137 Å². The molecule has 0 aromatic heterocycles. The molecular formula is C20H24O3. The van der Waals surface area contributed by atoms with Crippen molar-refractivity contribution in [3.63, 3.8) is 0 Å². The predicted octanol–water partition coefficient (Wildman–Crippen LogP) is 3.98. The summed E-state index contributed by atoms with van der Waals surface area (Å²) >= 11 is 0. The molecule has 122 valence electrons. The second-order valence-electron chi connectivity index (χ2n) is 7.77. The van der Waals surface area contributed by atoms with Gasteiger partial charge in [-0.3, -0.25) is 0 Å². The first-order valence-electron chi connectivity index (χ1n) is 8.67. The van der Waals surface area contributed by atoms with E-state index in [-0.39, 0.29) is 11.4 Å². The largest absolute Gasteiger partial charge is 0.507 e. The van der Waals surface area contributed by atoms with Gasteiger partial charge < -0.3 is 9.84 Å². The van der Waals surface area contributed by atoms with Crippen LogP contribution >= 0.6 is 0 Å². The summed E-state index contributed by atoms with van der Waals surface area (Å²) in [5.74, 6) is 1.09. The van der Waals surface area contributed by atoms with Gasteiger partial charge in [0.15, 0.2) is 0 Å². The minimum absolute atomic E-state index is 0.00733. The Bertz CT molecular complexity index is 729. The van der Waals surface area contributed by atoms with Gasteiger partial charge in [-0.05, 0) is 65.2 Å². The summed E-state index contributed by atoms with van der Waals surface area (Å²) in [5, 5.41) is 10.7. The van der Waals surface area contributed by atoms with Gasteiger partial charge in [0.1, 0.15) is 12.4 Å². The van der Waals surface area contributed by atoms with Crippen molar-refractivity contribution in [2.24, 2.45) is 5.92 Å². The molecule has 1 N–H and O–H groups in total. The quantitative estimate of drug-likeness (QED) is 0.798. The number of phenols is 1. The molecule has 0 amide bonds. The maximum absolute atomic E-state index is 11.9. The molecule has 1 aromatic carbocycles. The average Bonchev–Trinajstić information content (AvgIpc) is 2.88. The molecule has 0 fully saturated rings. The van der Waals surface area contributed by atoms with Gasteiger partial charge in [-0.2, -0.15) is 0 Å². The number of hydrogen-bond donors (Lipinski definition) is 1. The number of esters is 1. The van der Waals surface area contributed by atoms with Gasteiger partial charge in [0, 0.05) is 5.57 Å². The first-order valence-corrected chi connectivity index (χ1v) is 8.67. The normalized spacial score (nSPS) is 29.2. The number of phenolic OH excluding ortho intramolecular Hbond substituents is 1. The van der Waals surface area contributed by atoms with Crippen molar-refractivity contribution in [1.82, 2.24) is 0 Å². The van der Waals surface area contributed by atoms with E-state index in [1.165, 1.54) is 11.1 Å². The van der Waals surface area contributed by atoms with E-state index < -0.39 is 0 Å². The highest BCUT2D eigenvalue weighted by atomic mass is 16.5. The first-order chi connectivity index (χ1) is 10.9. The van der Waals surface area contributed by atoms with Crippen LogP contribution in [0.5, 0.6) is 5.75 Å². The Morgan fingerprint density at radius 1 is 1.30 bits per heavy atom. The molecule has 0 saturated carbocycles. The SMILES string of the molecule is CC(C)c1ccc2c(c1O)CC[C@H]1C3=C(CC[C@]21C)C(=O)OC3. The Balaban J connectivity index is 1.84. The Kier molecular flexibility index (Phi) is 3.13. The number of ether oxygens (including phenoxy) is 1.